The Labute approximate surface area is 113 Å². The lowest BCUT2D eigenvalue weighted by Gasteiger charge is -1.98. The smallest absolute Gasteiger partial charge is 0.322 e. The first kappa shape index (κ1) is 12.9. The number of anilines is 1. The van der Waals surface area contributed by atoms with Crippen LogP contribution >= 0.6 is 23.2 Å². The molecule has 0 atom stereocenters. The number of nitrogens with zero attached hydrogens (tertiary/aromatic N) is 2. The number of hydrogen-bond donors (Lipinski definition) is 1. The first-order chi connectivity index (χ1) is 8.70. The zero-order valence-electron chi connectivity index (χ0n) is 9.19. The Morgan fingerprint density at radius 3 is 2.83 bits per heavy atom. The van der Waals surface area contributed by atoms with Crippen LogP contribution in [0.15, 0.2) is 28.7 Å². The van der Waals surface area contributed by atoms with Crippen molar-refractivity contribution in [2.75, 3.05) is 11.2 Å². The number of benzene rings is 1. The second-order valence-corrected chi connectivity index (χ2v) is 4.16. The molecule has 7 heteroatoms. The molecular formula is C11H9Cl2N3O2. The minimum Gasteiger partial charge on any atom is -0.403 e. The van der Waals surface area contributed by atoms with Crippen molar-refractivity contribution >= 4 is 35.1 Å². The lowest BCUT2D eigenvalue weighted by atomic mass is 10.2. The fourth-order valence-corrected chi connectivity index (χ4v) is 1.67. The Bertz CT molecular complexity index is 557. The SMILES string of the molecule is O=C(CCCl)Nc1nnc(-c2ccccc2Cl)o1. The number of carbonyl (C=O) groups is 1. The van der Waals surface area contributed by atoms with E-state index in [2.05, 4.69) is 15.5 Å². The maximum atomic E-state index is 11.3. The summed E-state index contributed by atoms with van der Waals surface area (Å²) >= 11 is 11.4. The van der Waals surface area contributed by atoms with Crippen LogP contribution in [0.3, 0.4) is 0 Å². The standard InChI is InChI=1S/C11H9Cl2N3O2/c12-6-5-9(17)14-11-16-15-10(18-11)7-3-1-2-4-8(7)13/h1-4H,5-6H2,(H,14,16,17). The molecule has 0 saturated heterocycles. The molecule has 94 valence electrons. The Morgan fingerprint density at radius 2 is 2.11 bits per heavy atom. The van der Waals surface area contributed by atoms with Gasteiger partial charge < -0.3 is 4.42 Å². The van der Waals surface area contributed by atoms with E-state index in [9.17, 15) is 4.79 Å². The van der Waals surface area contributed by atoms with Crippen LogP contribution in [0, 0.1) is 0 Å². The molecule has 0 aliphatic rings. The number of carbonyl (C=O) groups excluding carboxylic acids is 1. The molecule has 2 rings (SSSR count). The summed E-state index contributed by atoms with van der Waals surface area (Å²) in [6, 6.07) is 7.09. The number of rotatable bonds is 4. The van der Waals surface area contributed by atoms with Crippen LogP contribution in [0.4, 0.5) is 6.01 Å². The van der Waals surface area contributed by atoms with Crippen molar-refractivity contribution in [1.82, 2.24) is 10.2 Å². The molecule has 18 heavy (non-hydrogen) atoms. The summed E-state index contributed by atoms with van der Waals surface area (Å²) in [6.45, 7) is 0. The van der Waals surface area contributed by atoms with Crippen molar-refractivity contribution in [3.63, 3.8) is 0 Å². The Kier molecular flexibility index (Phi) is 4.17. The summed E-state index contributed by atoms with van der Waals surface area (Å²) in [7, 11) is 0. The highest BCUT2D eigenvalue weighted by atomic mass is 35.5. The average Bonchev–Trinajstić information content (AvgIpc) is 2.78. The third-order valence-corrected chi connectivity index (χ3v) is 2.62. The van der Waals surface area contributed by atoms with Crippen molar-refractivity contribution in [3.05, 3.63) is 29.3 Å². The average molecular weight is 286 g/mol. The number of halogens is 2. The highest BCUT2D eigenvalue weighted by Crippen LogP contribution is 2.27. The van der Waals surface area contributed by atoms with E-state index in [1.165, 1.54) is 0 Å². The number of hydrogen-bond acceptors (Lipinski definition) is 4. The molecule has 0 saturated carbocycles. The van der Waals surface area contributed by atoms with Gasteiger partial charge in [-0.3, -0.25) is 10.1 Å². The van der Waals surface area contributed by atoms with Gasteiger partial charge in [0.1, 0.15) is 0 Å². The van der Waals surface area contributed by atoms with Crippen LogP contribution in [0.25, 0.3) is 11.5 Å². The zero-order chi connectivity index (χ0) is 13.0. The van der Waals surface area contributed by atoms with Crippen LogP contribution in [0.1, 0.15) is 6.42 Å². The molecule has 1 amide bonds. The maximum absolute atomic E-state index is 11.3. The first-order valence-electron chi connectivity index (χ1n) is 5.15. The van der Waals surface area contributed by atoms with E-state index >= 15 is 0 Å². The molecule has 0 unspecified atom stereocenters. The van der Waals surface area contributed by atoms with Gasteiger partial charge in [-0.1, -0.05) is 28.8 Å². The molecule has 0 aliphatic carbocycles. The van der Waals surface area contributed by atoms with E-state index in [0.717, 1.165) is 0 Å². The third-order valence-electron chi connectivity index (χ3n) is 2.10. The number of alkyl halides is 1. The Hall–Kier alpha value is -1.59. The van der Waals surface area contributed by atoms with E-state index < -0.39 is 0 Å². The predicted octanol–water partition coefficient (Wildman–Crippen LogP) is 2.96. The molecule has 0 bridgehead atoms. The maximum Gasteiger partial charge on any atom is 0.322 e. The van der Waals surface area contributed by atoms with Crippen molar-refractivity contribution < 1.29 is 9.21 Å². The fourth-order valence-electron chi connectivity index (χ4n) is 1.28. The van der Waals surface area contributed by atoms with E-state index in [-0.39, 0.29) is 30.1 Å². The Morgan fingerprint density at radius 1 is 1.33 bits per heavy atom. The van der Waals surface area contributed by atoms with Gasteiger partial charge in [-0.25, -0.2) is 0 Å². The van der Waals surface area contributed by atoms with Gasteiger partial charge >= 0.3 is 6.01 Å². The highest BCUT2D eigenvalue weighted by molar-refractivity contribution is 6.33. The summed E-state index contributed by atoms with van der Waals surface area (Å²) in [6.07, 6.45) is 0.186. The summed E-state index contributed by atoms with van der Waals surface area (Å²) in [5.41, 5.74) is 0.615. The van der Waals surface area contributed by atoms with Crippen LogP contribution < -0.4 is 5.32 Å². The summed E-state index contributed by atoms with van der Waals surface area (Å²) in [4.78, 5) is 11.3. The molecule has 1 aromatic heterocycles. The van der Waals surface area contributed by atoms with Gasteiger partial charge in [0.05, 0.1) is 10.6 Å². The predicted molar refractivity (Wildman–Crippen MR) is 68.7 cm³/mol. The minimum atomic E-state index is -0.278. The van der Waals surface area contributed by atoms with Crippen LogP contribution in [-0.2, 0) is 4.79 Å². The van der Waals surface area contributed by atoms with E-state index in [1.807, 2.05) is 0 Å². The van der Waals surface area contributed by atoms with Gasteiger partial charge in [0.25, 0.3) is 5.89 Å². The number of nitrogens with one attached hydrogen (secondary N) is 1. The van der Waals surface area contributed by atoms with Gasteiger partial charge in [-0.15, -0.1) is 16.7 Å². The van der Waals surface area contributed by atoms with Crippen LogP contribution in [-0.4, -0.2) is 22.0 Å². The summed E-state index contributed by atoms with van der Waals surface area (Å²) in [5.74, 6) is 0.207. The van der Waals surface area contributed by atoms with Gasteiger partial charge in [0.15, 0.2) is 0 Å². The van der Waals surface area contributed by atoms with Gasteiger partial charge in [0, 0.05) is 12.3 Å². The van der Waals surface area contributed by atoms with E-state index in [1.54, 1.807) is 24.3 Å². The van der Waals surface area contributed by atoms with Crippen LogP contribution in [0.2, 0.25) is 5.02 Å². The second kappa shape index (κ2) is 5.84. The molecule has 1 N–H and O–H groups in total. The molecule has 0 spiro atoms. The first-order valence-corrected chi connectivity index (χ1v) is 6.06. The normalized spacial score (nSPS) is 10.3. The fraction of sp³-hybridized carbons (Fsp3) is 0.182. The molecule has 1 heterocycles. The quantitative estimate of drug-likeness (QED) is 0.877. The highest BCUT2D eigenvalue weighted by Gasteiger charge is 2.12. The van der Waals surface area contributed by atoms with E-state index in [0.29, 0.717) is 10.6 Å². The minimum absolute atomic E-state index is 0.0278. The van der Waals surface area contributed by atoms with Crippen molar-refractivity contribution in [2.24, 2.45) is 0 Å². The Balaban J connectivity index is 2.16. The monoisotopic (exact) mass is 285 g/mol. The molecule has 2 aromatic rings. The topological polar surface area (TPSA) is 68.0 Å². The summed E-state index contributed by atoms with van der Waals surface area (Å²) < 4.78 is 5.29. The summed E-state index contributed by atoms with van der Waals surface area (Å²) in [5, 5.41) is 10.5. The lowest BCUT2D eigenvalue weighted by molar-refractivity contribution is -0.115. The zero-order valence-corrected chi connectivity index (χ0v) is 10.7. The molecular weight excluding hydrogens is 277 g/mol. The number of aromatic nitrogens is 2. The van der Waals surface area contributed by atoms with Gasteiger partial charge in [-0.2, -0.15) is 0 Å². The van der Waals surface area contributed by atoms with Gasteiger partial charge in [0.2, 0.25) is 5.91 Å². The molecule has 0 aliphatic heterocycles. The van der Waals surface area contributed by atoms with Crippen molar-refractivity contribution in [1.29, 1.82) is 0 Å². The van der Waals surface area contributed by atoms with Crippen LogP contribution in [0.5, 0.6) is 0 Å². The van der Waals surface area contributed by atoms with Crippen molar-refractivity contribution in [3.8, 4) is 11.5 Å². The molecule has 0 fully saturated rings. The van der Waals surface area contributed by atoms with E-state index in [4.69, 9.17) is 27.6 Å². The molecule has 1 aromatic carbocycles. The third kappa shape index (κ3) is 3.00. The molecule has 0 radical (unpaired) electrons. The lowest BCUT2D eigenvalue weighted by Crippen LogP contribution is -2.11. The second-order valence-electron chi connectivity index (χ2n) is 3.38. The molecule has 5 nitrogen and oxygen atoms in total. The van der Waals surface area contributed by atoms with Gasteiger partial charge in [-0.05, 0) is 12.1 Å². The van der Waals surface area contributed by atoms with Crippen molar-refractivity contribution in [2.45, 2.75) is 6.42 Å². The largest absolute Gasteiger partial charge is 0.403 e. The number of amides is 1.